The molecule has 1 aliphatic rings. The summed E-state index contributed by atoms with van der Waals surface area (Å²) in [5, 5.41) is 21.7. The lowest BCUT2D eigenvalue weighted by molar-refractivity contribution is -0.150. The molecule has 3 N–H and O–H groups in total. The van der Waals surface area contributed by atoms with Crippen molar-refractivity contribution in [3.8, 4) is 5.75 Å². The molecule has 7 nitrogen and oxygen atoms in total. The molecule has 0 spiro atoms. The normalized spacial score (nSPS) is 19.1. The van der Waals surface area contributed by atoms with Crippen LogP contribution in [0.25, 0.3) is 0 Å². The summed E-state index contributed by atoms with van der Waals surface area (Å²) < 4.78 is 0. The van der Waals surface area contributed by atoms with E-state index in [1.165, 1.54) is 11.0 Å². The third kappa shape index (κ3) is 5.51. The number of hydrogen-bond acceptors (Lipinski definition) is 5. The van der Waals surface area contributed by atoms with Gasteiger partial charge in [-0.15, -0.1) is 12.6 Å². The molecule has 0 saturated carbocycles. The van der Waals surface area contributed by atoms with Crippen LogP contribution in [0.2, 0.25) is 5.02 Å². The highest BCUT2D eigenvalue weighted by molar-refractivity contribution is 7.81. The van der Waals surface area contributed by atoms with E-state index in [1.54, 1.807) is 30.3 Å². The monoisotopic (exact) mass is 462 g/mol. The number of amides is 2. The fourth-order valence-electron chi connectivity index (χ4n) is 3.77. The molecule has 0 radical (unpaired) electrons. The third-order valence-corrected chi connectivity index (χ3v) is 5.91. The summed E-state index contributed by atoms with van der Waals surface area (Å²) in [5.41, 5.74) is 1.39. The van der Waals surface area contributed by atoms with Crippen LogP contribution in [0.4, 0.5) is 0 Å². The molecule has 1 heterocycles. The Morgan fingerprint density at radius 1 is 1.13 bits per heavy atom. The number of thiol groups is 1. The van der Waals surface area contributed by atoms with Crippen LogP contribution >= 0.6 is 24.2 Å². The predicted octanol–water partition coefficient (Wildman–Crippen LogP) is 3.17. The summed E-state index contributed by atoms with van der Waals surface area (Å²) >= 11 is 10.1. The first kappa shape index (κ1) is 23.0. The molecule has 1 saturated heterocycles. The van der Waals surface area contributed by atoms with Gasteiger partial charge in [0.05, 0.1) is 6.04 Å². The number of carboxylic acids is 1. The number of aliphatic carboxylic acids is 1. The number of carbonyl (C=O) groups excluding carboxylic acids is 2. The highest BCUT2D eigenvalue weighted by atomic mass is 35.5. The van der Waals surface area contributed by atoms with Crippen molar-refractivity contribution in [2.24, 2.45) is 0 Å². The van der Waals surface area contributed by atoms with Gasteiger partial charge in [-0.3, -0.25) is 9.59 Å². The predicted molar refractivity (Wildman–Crippen MR) is 119 cm³/mol. The first-order chi connectivity index (χ1) is 14.8. The zero-order valence-electron chi connectivity index (χ0n) is 16.6. The minimum Gasteiger partial charge on any atom is -0.508 e. The highest BCUT2D eigenvalue weighted by Gasteiger charge is 2.44. The van der Waals surface area contributed by atoms with Crippen LogP contribution in [-0.4, -0.2) is 44.3 Å². The number of phenolic OH excluding ortho intramolecular Hbond substituents is 1. The van der Waals surface area contributed by atoms with Crippen LogP contribution in [0.3, 0.4) is 0 Å². The lowest BCUT2D eigenvalue weighted by Gasteiger charge is -2.31. The van der Waals surface area contributed by atoms with Gasteiger partial charge in [0.25, 0.3) is 5.91 Å². The average molecular weight is 463 g/mol. The quantitative estimate of drug-likeness (QED) is 0.373. The van der Waals surface area contributed by atoms with E-state index in [2.05, 4.69) is 17.9 Å². The summed E-state index contributed by atoms with van der Waals surface area (Å²) in [7, 11) is 0. The van der Waals surface area contributed by atoms with Gasteiger partial charge in [-0.1, -0.05) is 41.9 Å². The smallest absolute Gasteiger partial charge is 0.326 e. The van der Waals surface area contributed by atoms with Gasteiger partial charge >= 0.3 is 5.97 Å². The second-order valence-corrected chi connectivity index (χ2v) is 8.30. The molecule has 9 heteroatoms. The van der Waals surface area contributed by atoms with Gasteiger partial charge in [0, 0.05) is 17.0 Å². The van der Waals surface area contributed by atoms with Crippen LogP contribution in [0.15, 0.2) is 48.5 Å². The number of halogens is 1. The summed E-state index contributed by atoms with van der Waals surface area (Å²) in [6.45, 7) is 0. The molecule has 0 aromatic heterocycles. The Kier molecular flexibility index (Phi) is 7.46. The van der Waals surface area contributed by atoms with Crippen LogP contribution in [0, 0.1) is 0 Å². The molecule has 2 aromatic rings. The molecule has 3 atom stereocenters. The van der Waals surface area contributed by atoms with Gasteiger partial charge in [-0.25, -0.2) is 4.79 Å². The molecule has 31 heavy (non-hydrogen) atoms. The molecule has 164 valence electrons. The molecular formula is C22H23ClN2O5S. The molecule has 2 amide bonds. The summed E-state index contributed by atoms with van der Waals surface area (Å²) in [6, 6.07) is 11.9. The number of para-hydroxylation sites is 1. The molecule has 3 rings (SSSR count). The minimum absolute atomic E-state index is 0.0148. The van der Waals surface area contributed by atoms with Crippen molar-refractivity contribution in [3.05, 3.63) is 64.7 Å². The van der Waals surface area contributed by atoms with Gasteiger partial charge in [0.15, 0.2) is 5.37 Å². The number of likely N-dealkylation sites (tertiary alicyclic amines) is 1. The van der Waals surface area contributed by atoms with Crippen molar-refractivity contribution in [1.82, 2.24) is 10.2 Å². The van der Waals surface area contributed by atoms with Crippen LogP contribution in [0.1, 0.15) is 36.4 Å². The summed E-state index contributed by atoms with van der Waals surface area (Å²) in [4.78, 5) is 38.3. The topological polar surface area (TPSA) is 107 Å². The first-order valence-corrected chi connectivity index (χ1v) is 10.7. The van der Waals surface area contributed by atoms with Gasteiger partial charge in [0.2, 0.25) is 5.91 Å². The number of carboxylic acid groups (broad SMARTS) is 1. The second-order valence-electron chi connectivity index (χ2n) is 7.35. The largest absolute Gasteiger partial charge is 0.508 e. The number of aryl methyl sites for hydroxylation is 1. The van der Waals surface area contributed by atoms with E-state index in [4.69, 9.17) is 11.6 Å². The van der Waals surface area contributed by atoms with Crippen molar-refractivity contribution in [3.63, 3.8) is 0 Å². The zero-order valence-corrected chi connectivity index (χ0v) is 18.2. The average Bonchev–Trinajstić information content (AvgIpc) is 3.18. The molecule has 2 aromatic carbocycles. The molecule has 1 aliphatic heterocycles. The number of phenols is 1. The Balaban J connectivity index is 1.68. The summed E-state index contributed by atoms with van der Waals surface area (Å²) in [6.07, 6.45) is 1.22. The lowest BCUT2D eigenvalue weighted by atomic mass is 10.0. The molecule has 0 bridgehead atoms. The SMILES string of the molecule is O=C(CCc1ccc(Cl)cc1)NC(S)C(=O)N1C(c2ccccc2O)CC[C@H]1C(=O)O. The van der Waals surface area contributed by atoms with Crippen molar-refractivity contribution in [1.29, 1.82) is 0 Å². The standard InChI is InChI=1S/C22H23ClN2O5S/c23-14-8-5-13(6-9-14)7-12-19(27)24-20(31)21(28)25-16(10-11-17(25)22(29)30)15-3-1-2-4-18(15)26/h1-6,8-9,16-17,20,26,31H,7,10-12H2,(H,24,27)(H,29,30)/t16?,17-,20?/m0/s1. The fraction of sp³-hybridized carbons (Fsp3) is 0.318. The maximum atomic E-state index is 13.1. The number of aromatic hydroxyl groups is 1. The van der Waals surface area contributed by atoms with Crippen LogP contribution in [0.5, 0.6) is 5.75 Å². The lowest BCUT2D eigenvalue weighted by Crippen LogP contribution is -2.50. The van der Waals surface area contributed by atoms with Crippen LogP contribution < -0.4 is 5.32 Å². The van der Waals surface area contributed by atoms with Crippen molar-refractivity contribution < 1.29 is 24.6 Å². The molecule has 2 unspecified atom stereocenters. The van der Waals surface area contributed by atoms with Crippen molar-refractivity contribution in [2.75, 3.05) is 0 Å². The zero-order chi connectivity index (χ0) is 22.5. The first-order valence-electron chi connectivity index (χ1n) is 9.82. The third-order valence-electron chi connectivity index (χ3n) is 5.31. The van der Waals surface area contributed by atoms with E-state index in [0.717, 1.165) is 5.56 Å². The highest BCUT2D eigenvalue weighted by Crippen LogP contribution is 2.40. The van der Waals surface area contributed by atoms with E-state index >= 15 is 0 Å². The number of nitrogens with zero attached hydrogens (tertiary/aromatic N) is 1. The summed E-state index contributed by atoms with van der Waals surface area (Å²) in [5.74, 6) is -2.16. The maximum absolute atomic E-state index is 13.1. The Morgan fingerprint density at radius 2 is 1.81 bits per heavy atom. The van der Waals surface area contributed by atoms with E-state index in [1.807, 2.05) is 12.1 Å². The second kappa shape index (κ2) is 10.1. The number of carbonyl (C=O) groups is 3. The fourth-order valence-corrected chi connectivity index (χ4v) is 4.18. The van der Waals surface area contributed by atoms with Gasteiger partial charge in [0.1, 0.15) is 11.8 Å². The van der Waals surface area contributed by atoms with E-state index in [0.29, 0.717) is 23.4 Å². The van der Waals surface area contributed by atoms with Gasteiger partial charge in [-0.05, 0) is 43.0 Å². The Labute approximate surface area is 190 Å². The number of benzene rings is 2. The maximum Gasteiger partial charge on any atom is 0.326 e. The van der Waals surface area contributed by atoms with Crippen molar-refractivity contribution in [2.45, 2.75) is 43.1 Å². The van der Waals surface area contributed by atoms with Gasteiger partial charge < -0.3 is 20.4 Å². The Bertz CT molecular complexity index is 969. The Morgan fingerprint density at radius 3 is 2.45 bits per heavy atom. The minimum atomic E-state index is -1.20. The van der Waals surface area contributed by atoms with Crippen molar-refractivity contribution >= 4 is 42.0 Å². The van der Waals surface area contributed by atoms with E-state index < -0.39 is 29.3 Å². The molecule has 1 fully saturated rings. The van der Waals surface area contributed by atoms with Crippen LogP contribution in [-0.2, 0) is 20.8 Å². The number of rotatable bonds is 7. The molecule has 0 aliphatic carbocycles. The number of nitrogens with one attached hydrogen (secondary N) is 1. The van der Waals surface area contributed by atoms with E-state index in [9.17, 15) is 24.6 Å². The number of hydrogen-bond donors (Lipinski definition) is 4. The van der Waals surface area contributed by atoms with E-state index in [-0.39, 0.29) is 24.5 Å². The van der Waals surface area contributed by atoms with Gasteiger partial charge in [-0.2, -0.15) is 0 Å². The molecular weight excluding hydrogens is 440 g/mol. The Hall–Kier alpha value is -2.71.